The van der Waals surface area contributed by atoms with E-state index in [0.717, 1.165) is 49.2 Å². The van der Waals surface area contributed by atoms with Crippen molar-refractivity contribution in [1.82, 2.24) is 14.3 Å². The number of aromatic nitrogens is 2. The molecular formula is C15H17N5S. The summed E-state index contributed by atoms with van der Waals surface area (Å²) in [5, 5.41) is 9.85. The summed E-state index contributed by atoms with van der Waals surface area (Å²) in [4.78, 5) is 9.19. The summed E-state index contributed by atoms with van der Waals surface area (Å²) in [5.41, 5.74) is 1.98. The van der Waals surface area contributed by atoms with Gasteiger partial charge in [0.15, 0.2) is 0 Å². The maximum Gasteiger partial charge on any atom is 0.205 e. The van der Waals surface area contributed by atoms with E-state index in [-0.39, 0.29) is 0 Å². The molecule has 2 heterocycles. The zero-order valence-corrected chi connectivity index (χ0v) is 12.8. The molecule has 0 bridgehead atoms. The Labute approximate surface area is 128 Å². The first-order valence-electron chi connectivity index (χ1n) is 7.01. The normalized spacial score (nSPS) is 15.9. The molecule has 0 amide bonds. The van der Waals surface area contributed by atoms with Gasteiger partial charge in [0.25, 0.3) is 0 Å². The lowest BCUT2D eigenvalue weighted by atomic mass is 10.1. The van der Waals surface area contributed by atoms with Gasteiger partial charge in [-0.3, -0.25) is 4.90 Å². The molecule has 1 aliphatic heterocycles. The molecule has 1 aromatic heterocycles. The molecule has 0 saturated carbocycles. The van der Waals surface area contributed by atoms with E-state index in [4.69, 9.17) is 5.26 Å². The highest BCUT2D eigenvalue weighted by atomic mass is 32.1. The number of piperazine rings is 1. The highest BCUT2D eigenvalue weighted by Crippen LogP contribution is 2.19. The molecule has 6 heteroatoms. The van der Waals surface area contributed by atoms with Crippen LogP contribution in [0.15, 0.2) is 24.3 Å². The monoisotopic (exact) mass is 299 g/mol. The summed E-state index contributed by atoms with van der Waals surface area (Å²) in [6.45, 7) is 6.91. The van der Waals surface area contributed by atoms with Crippen molar-refractivity contribution in [1.29, 1.82) is 5.26 Å². The van der Waals surface area contributed by atoms with Gasteiger partial charge in [0, 0.05) is 44.3 Å². The number of hydrogen-bond acceptors (Lipinski definition) is 6. The molecule has 0 radical (unpaired) electrons. The van der Waals surface area contributed by atoms with Crippen LogP contribution in [0.2, 0.25) is 0 Å². The number of anilines is 1. The van der Waals surface area contributed by atoms with Gasteiger partial charge < -0.3 is 4.90 Å². The van der Waals surface area contributed by atoms with Crippen molar-refractivity contribution < 1.29 is 0 Å². The smallest absolute Gasteiger partial charge is 0.205 e. The first-order valence-corrected chi connectivity index (χ1v) is 7.78. The van der Waals surface area contributed by atoms with Crippen LogP contribution >= 0.6 is 11.5 Å². The Morgan fingerprint density at radius 1 is 1.19 bits per heavy atom. The quantitative estimate of drug-likeness (QED) is 0.868. The van der Waals surface area contributed by atoms with Gasteiger partial charge in [0.1, 0.15) is 5.82 Å². The van der Waals surface area contributed by atoms with E-state index in [9.17, 15) is 0 Å². The zero-order chi connectivity index (χ0) is 14.7. The summed E-state index contributed by atoms with van der Waals surface area (Å²) < 4.78 is 4.24. The predicted octanol–water partition coefficient (Wildman–Crippen LogP) is 2.04. The fraction of sp³-hybridized carbons (Fsp3) is 0.400. The zero-order valence-electron chi connectivity index (χ0n) is 12.0. The lowest BCUT2D eigenvalue weighted by Crippen LogP contribution is -2.45. The van der Waals surface area contributed by atoms with Crippen LogP contribution in [0, 0.1) is 18.3 Å². The summed E-state index contributed by atoms with van der Waals surface area (Å²) in [6, 6.07) is 10.0. The van der Waals surface area contributed by atoms with Crippen molar-refractivity contribution in [3.8, 4) is 6.07 Å². The van der Waals surface area contributed by atoms with Crippen molar-refractivity contribution in [2.24, 2.45) is 0 Å². The van der Waals surface area contributed by atoms with Gasteiger partial charge in [-0.25, -0.2) is 4.98 Å². The standard InChI is InChI=1S/C15H17N5S/c1-12-17-15(21-18-12)20-8-6-19(7-9-20)11-14-4-2-13(10-16)3-5-14/h2-5H,6-9,11H2,1H3. The van der Waals surface area contributed by atoms with E-state index >= 15 is 0 Å². The molecule has 5 nitrogen and oxygen atoms in total. The molecule has 1 fully saturated rings. The second-order valence-electron chi connectivity index (χ2n) is 5.20. The Hall–Kier alpha value is -1.97. The third-order valence-electron chi connectivity index (χ3n) is 3.65. The topological polar surface area (TPSA) is 56.1 Å². The molecule has 0 spiro atoms. The van der Waals surface area contributed by atoms with Crippen molar-refractivity contribution in [3.63, 3.8) is 0 Å². The van der Waals surface area contributed by atoms with E-state index in [0.29, 0.717) is 0 Å². The Balaban J connectivity index is 1.54. The van der Waals surface area contributed by atoms with Crippen molar-refractivity contribution in [3.05, 3.63) is 41.2 Å². The van der Waals surface area contributed by atoms with E-state index < -0.39 is 0 Å². The molecule has 0 aliphatic carbocycles. The number of nitrogens with zero attached hydrogens (tertiary/aromatic N) is 5. The fourth-order valence-corrected chi connectivity index (χ4v) is 3.18. The molecule has 3 rings (SSSR count). The highest BCUT2D eigenvalue weighted by Gasteiger charge is 2.19. The fourth-order valence-electron chi connectivity index (χ4n) is 2.45. The van der Waals surface area contributed by atoms with Gasteiger partial charge in [0.05, 0.1) is 11.6 Å². The lowest BCUT2D eigenvalue weighted by molar-refractivity contribution is 0.250. The van der Waals surface area contributed by atoms with E-state index in [1.54, 1.807) is 0 Å². The first-order chi connectivity index (χ1) is 10.2. The largest absolute Gasteiger partial charge is 0.344 e. The van der Waals surface area contributed by atoms with E-state index in [2.05, 4.69) is 25.2 Å². The number of rotatable bonds is 3. The van der Waals surface area contributed by atoms with Gasteiger partial charge >= 0.3 is 0 Å². The minimum Gasteiger partial charge on any atom is -0.344 e. The molecule has 1 saturated heterocycles. The third kappa shape index (κ3) is 3.38. The molecule has 2 aromatic rings. The Bertz CT molecular complexity index is 635. The molecule has 1 aliphatic rings. The van der Waals surface area contributed by atoms with Crippen molar-refractivity contribution in [2.75, 3.05) is 31.1 Å². The minimum atomic E-state index is 0.718. The van der Waals surface area contributed by atoms with Gasteiger partial charge in [-0.1, -0.05) is 12.1 Å². The molecule has 21 heavy (non-hydrogen) atoms. The molecule has 1 aromatic carbocycles. The molecule has 0 unspecified atom stereocenters. The van der Waals surface area contributed by atoms with E-state index in [1.165, 1.54) is 17.1 Å². The Kier molecular flexibility index (Phi) is 4.13. The third-order valence-corrected chi connectivity index (χ3v) is 4.52. The van der Waals surface area contributed by atoms with Crippen LogP contribution in [-0.2, 0) is 6.54 Å². The molecular weight excluding hydrogens is 282 g/mol. The lowest BCUT2D eigenvalue weighted by Gasteiger charge is -2.34. The number of aryl methyl sites for hydroxylation is 1. The average molecular weight is 299 g/mol. The summed E-state index contributed by atoms with van der Waals surface area (Å²) in [5.74, 6) is 0.856. The van der Waals surface area contributed by atoms with Crippen LogP contribution < -0.4 is 4.90 Å². The molecule has 0 N–H and O–H groups in total. The van der Waals surface area contributed by atoms with Gasteiger partial charge in [-0.15, -0.1) is 0 Å². The maximum atomic E-state index is 8.81. The average Bonchev–Trinajstić information content (AvgIpc) is 2.95. The van der Waals surface area contributed by atoms with Crippen LogP contribution in [-0.4, -0.2) is 40.4 Å². The summed E-state index contributed by atoms with van der Waals surface area (Å²) in [6.07, 6.45) is 0. The maximum absolute atomic E-state index is 8.81. The molecule has 108 valence electrons. The second-order valence-corrected chi connectivity index (χ2v) is 5.93. The summed E-state index contributed by atoms with van der Waals surface area (Å²) in [7, 11) is 0. The highest BCUT2D eigenvalue weighted by molar-refractivity contribution is 7.09. The van der Waals surface area contributed by atoms with Crippen LogP contribution in [0.3, 0.4) is 0 Å². The number of nitriles is 1. The van der Waals surface area contributed by atoms with Gasteiger partial charge in [-0.05, 0) is 24.6 Å². The van der Waals surface area contributed by atoms with Crippen molar-refractivity contribution in [2.45, 2.75) is 13.5 Å². The van der Waals surface area contributed by atoms with Gasteiger partial charge in [-0.2, -0.15) is 9.64 Å². The summed E-state index contributed by atoms with van der Waals surface area (Å²) >= 11 is 1.48. The second kappa shape index (κ2) is 6.20. The van der Waals surface area contributed by atoms with E-state index in [1.807, 2.05) is 31.2 Å². The van der Waals surface area contributed by atoms with Crippen LogP contribution in [0.1, 0.15) is 17.0 Å². The SMILES string of the molecule is Cc1nsc(N2CCN(Cc3ccc(C#N)cc3)CC2)n1. The first kappa shape index (κ1) is 14.0. The van der Waals surface area contributed by atoms with Crippen LogP contribution in [0.25, 0.3) is 0 Å². The number of hydrogen-bond donors (Lipinski definition) is 0. The minimum absolute atomic E-state index is 0.718. The van der Waals surface area contributed by atoms with Crippen LogP contribution in [0.5, 0.6) is 0 Å². The van der Waals surface area contributed by atoms with Crippen molar-refractivity contribution >= 4 is 16.7 Å². The Morgan fingerprint density at radius 2 is 1.90 bits per heavy atom. The molecule has 0 atom stereocenters. The Morgan fingerprint density at radius 3 is 2.48 bits per heavy atom. The predicted molar refractivity (Wildman–Crippen MR) is 83.3 cm³/mol. The van der Waals surface area contributed by atoms with Gasteiger partial charge in [0.2, 0.25) is 5.13 Å². The number of benzene rings is 1. The van der Waals surface area contributed by atoms with Crippen LogP contribution in [0.4, 0.5) is 5.13 Å².